The van der Waals surface area contributed by atoms with Crippen LogP contribution in [-0.2, 0) is 32.8 Å². The number of phosphoric acid groups is 1. The van der Waals surface area contributed by atoms with Crippen LogP contribution in [0.4, 0.5) is 0 Å². The van der Waals surface area contributed by atoms with Crippen LogP contribution < -0.4 is 68.9 Å². The molecule has 0 saturated carbocycles. The molecule has 21 nitrogen and oxygen atoms in total. The third kappa shape index (κ3) is 31.9. The molecule has 5 aliphatic rings. The number of phosphoric ester groups is 1. The van der Waals surface area contributed by atoms with E-state index < -0.39 is 125 Å². The zero-order chi connectivity index (χ0) is 58.9. The molecule has 12 N–H and O–H groups in total. The molecule has 9 radical (unpaired) electrons. The smallest absolute Gasteiger partial charge is 0.790 e. The molecule has 13 unspecified atom stereocenters. The van der Waals surface area contributed by atoms with E-state index in [0.29, 0.717) is 0 Å². The van der Waals surface area contributed by atoms with Crippen LogP contribution in [0.1, 0.15) is 152 Å². The van der Waals surface area contributed by atoms with Crippen molar-refractivity contribution in [2.24, 2.45) is 54.1 Å². The Hall–Kier alpha value is 14.4. The number of rotatable bonds is 7. The second kappa shape index (κ2) is 50.2. The first-order valence-corrected chi connectivity index (χ1v) is 27.1. The van der Waals surface area contributed by atoms with Crippen molar-refractivity contribution >= 4 is 7.82 Å². The molecule has 0 aliphatic carbocycles. The molecule has 5 rings (SSSR count). The van der Waals surface area contributed by atoms with E-state index in [4.69, 9.17) is 33.9 Å². The minimum Gasteiger partial charge on any atom is -0.790 e. The molecule has 5 saturated heterocycles. The molecule has 33 heteroatoms. The van der Waals surface area contributed by atoms with Crippen LogP contribution in [0.15, 0.2) is 0 Å². The molecule has 0 amide bonds. The summed E-state index contributed by atoms with van der Waals surface area (Å²) in [5.74, 6) is 0. The van der Waals surface area contributed by atoms with Crippen LogP contribution in [0.2, 0.25) is 0 Å². The maximum absolute atomic E-state index is 10.7. The van der Waals surface area contributed by atoms with Gasteiger partial charge in [0.25, 0.3) is 0 Å². The van der Waals surface area contributed by atoms with Crippen molar-refractivity contribution in [3.63, 3.8) is 0 Å². The van der Waals surface area contributed by atoms with E-state index in [1.807, 2.05) is 96.9 Å². The van der Waals surface area contributed by atoms with Gasteiger partial charge in [0.15, 0.2) is 18.9 Å². The van der Waals surface area contributed by atoms with Crippen molar-refractivity contribution in [1.29, 1.82) is 0 Å². The average Bonchev–Trinajstić information content (AvgIpc) is 3.28. The average molecular weight is 3180 g/mol. The van der Waals surface area contributed by atoms with E-state index in [0.717, 1.165) is 0 Å². The minimum atomic E-state index is -5.24. The maximum Gasteiger partial charge on any atom is 1.00 e. The summed E-state index contributed by atoms with van der Waals surface area (Å²) in [6.45, 7) is 39.5. The second-order valence-corrected chi connectivity index (χ2v) is 28.2. The van der Waals surface area contributed by atoms with Gasteiger partial charge in [-0.05, 0) is 13.8 Å². The molecular weight excluding hydrogens is 3080 g/mol. The Morgan fingerprint density at radius 2 is 0.506 bits per heavy atom. The summed E-state index contributed by atoms with van der Waals surface area (Å²) in [4.78, 5) is 21.4. The Balaban J connectivity index is -0.0000000869. The van der Waals surface area contributed by atoms with E-state index in [1.54, 1.807) is 41.5 Å². The number of aliphatic hydroxyl groups excluding tert-OH is 12. The number of aliphatic hydroxyl groups is 12. The van der Waals surface area contributed by atoms with Gasteiger partial charge in [-0.1, -0.05) is 138 Å². The fourth-order valence-corrected chi connectivity index (χ4v) is 11.5. The summed E-state index contributed by atoms with van der Waals surface area (Å²) in [6, 6.07) is 0. The molecule has 85 heavy (non-hydrogen) atoms. The van der Waals surface area contributed by atoms with Gasteiger partial charge in [-0.3, -0.25) is 0 Å². The maximum atomic E-state index is 10.7. The molecular formula is C52H103Ac9Na2O21P. The first-order chi connectivity index (χ1) is 32.9. The second-order valence-electron chi connectivity index (χ2n) is 27.1. The van der Waals surface area contributed by atoms with Crippen LogP contribution in [0.25, 0.3) is 0 Å². The van der Waals surface area contributed by atoms with Crippen LogP contribution in [0.3, 0.4) is 0 Å². The topological polar surface area (TPSA) is 361 Å². The van der Waals surface area contributed by atoms with Crippen molar-refractivity contribution < 1.29 is 560 Å². The van der Waals surface area contributed by atoms with Crippen molar-refractivity contribution in [3.05, 3.63) is 0 Å². The fraction of sp³-hybridized carbons (Fsp3) is 1.00. The van der Waals surface area contributed by atoms with Gasteiger partial charge in [-0.25, -0.2) is 0 Å². The van der Waals surface area contributed by atoms with Crippen LogP contribution in [0, 0.1) is 451 Å². The minimum absolute atomic E-state index is 0. The van der Waals surface area contributed by atoms with Crippen LogP contribution >= 0.6 is 7.82 Å². The van der Waals surface area contributed by atoms with Gasteiger partial charge in [0, 0.05) is 451 Å². The van der Waals surface area contributed by atoms with Gasteiger partial charge in [0.1, 0.15) is 0 Å². The largest absolute Gasteiger partial charge is 1.00 e. The summed E-state index contributed by atoms with van der Waals surface area (Å²) in [7, 11) is -5.24. The van der Waals surface area contributed by atoms with Crippen molar-refractivity contribution in [2.45, 2.75) is 244 Å². The standard InChI is InChI=1S/2C11H22O3.C10H21O7P.2C10H20O4.9Ac.2Na/c2*1-7-10(2,3)9(13)11(4,5)8(6-12)14-7;1-9(2)6(5-11)16-8(17-18(13,14)15)10(3,4)7(9)12;2*1-9(2)6(5-11)14-8(13)10(3,4)7(9)12;;;;;;;;;;;/h2*7-9,12-13H,6H2,1-5H3;6-8,11-12H,5H2,1-4H3,(H2,13,14,15);2*6-8,11-13H,5H2,1-4H3;;;;;;;;;;;/q;;;;;;;;;;;;;;2*+1/p-2/t;;6?,7-,8-;;;;;;;;;;;;;/m..0............./s1. The zero-order valence-electron chi connectivity index (χ0n) is 55.9. The van der Waals surface area contributed by atoms with Gasteiger partial charge in [0.05, 0.1) is 114 Å². The van der Waals surface area contributed by atoms with E-state index >= 15 is 0 Å². The first kappa shape index (κ1) is 123. The van der Waals surface area contributed by atoms with Crippen molar-refractivity contribution in [2.75, 3.05) is 33.0 Å². The van der Waals surface area contributed by atoms with E-state index in [9.17, 15) is 65.4 Å². The van der Waals surface area contributed by atoms with E-state index in [2.05, 4.69) is 4.52 Å². The molecule has 0 spiro atoms. The molecule has 5 aliphatic heterocycles. The Morgan fingerprint density at radius 1 is 0.329 bits per heavy atom. The first-order valence-electron chi connectivity index (χ1n) is 25.7. The van der Waals surface area contributed by atoms with Gasteiger partial charge in [-0.15, -0.1) is 0 Å². The molecule has 0 aromatic rings. The van der Waals surface area contributed by atoms with Gasteiger partial charge in [-0.2, -0.15) is 0 Å². The van der Waals surface area contributed by atoms with Crippen LogP contribution in [-0.4, -0.2) is 186 Å². The van der Waals surface area contributed by atoms with Crippen molar-refractivity contribution in [3.8, 4) is 0 Å². The SMILES string of the molecule is CC1(C)C(CO)O[C@@H](OP(=O)([O-])[O-])C(C)(C)[C@H]1O.CC1(C)C(O)OC(CO)C(C)(C)C1O.CC1(C)C(O)OC(CO)C(C)(C)C1O.CC1OC(CO)C(C)(C)C(O)C1(C)C.CC1OC(CO)C(C)(C)C(O)C1(C)C.[Ac].[Ac].[Ac].[Ac].[Ac].[Ac].[Ac].[Ac].[Ac].[Na+].[Na+]. The summed E-state index contributed by atoms with van der Waals surface area (Å²) in [6.07, 6.45) is -9.36. The fourth-order valence-electron chi connectivity index (χ4n) is 10.9. The monoisotopic (exact) mass is 3180 g/mol. The Kier molecular flexibility index (Phi) is 72.7. The number of ether oxygens (including phenoxy) is 5. The van der Waals surface area contributed by atoms with Gasteiger partial charge >= 0.3 is 59.1 Å². The predicted octanol–water partition coefficient (Wildman–Crippen LogP) is -4.45. The Labute approximate surface area is 877 Å². The van der Waals surface area contributed by atoms with Crippen molar-refractivity contribution in [1.82, 2.24) is 0 Å². The Bertz CT molecular complexity index is 1650. The zero-order valence-corrected chi connectivity index (χ0v) is 103. The summed E-state index contributed by atoms with van der Waals surface area (Å²) in [5.41, 5.74) is -5.77. The molecule has 5 heterocycles. The molecule has 0 aromatic carbocycles. The Morgan fingerprint density at radius 3 is 0.706 bits per heavy atom. The molecule has 0 bridgehead atoms. The predicted molar refractivity (Wildman–Crippen MR) is 271 cm³/mol. The quantitative estimate of drug-likeness (QED) is 0.0845. The van der Waals surface area contributed by atoms with Crippen LogP contribution in [0.5, 0.6) is 0 Å². The number of hydrogen-bond acceptors (Lipinski definition) is 21. The third-order valence-electron chi connectivity index (χ3n) is 17.8. The number of hydrogen-bond donors (Lipinski definition) is 12. The van der Waals surface area contributed by atoms with E-state index in [-0.39, 0.29) is 517 Å². The van der Waals surface area contributed by atoms with E-state index in [1.165, 1.54) is 13.8 Å². The summed E-state index contributed by atoms with van der Waals surface area (Å²) in [5, 5.41) is 116. The normalized spacial score (nSPS) is 34.5. The summed E-state index contributed by atoms with van der Waals surface area (Å²) >= 11 is 0. The third-order valence-corrected chi connectivity index (χ3v) is 18.3. The molecule has 5 fully saturated rings. The molecule has 0 aromatic heterocycles. The van der Waals surface area contributed by atoms with Gasteiger partial charge < -0.3 is 104 Å². The van der Waals surface area contributed by atoms with Gasteiger partial charge in [0.2, 0.25) is 0 Å². The summed E-state index contributed by atoms with van der Waals surface area (Å²) < 4.78 is 42.3. The molecule has 471 valence electrons. The molecule has 15 atom stereocenters.